The van der Waals surface area contributed by atoms with Gasteiger partial charge in [0.1, 0.15) is 17.7 Å². The van der Waals surface area contributed by atoms with E-state index < -0.39 is 17.7 Å². The van der Waals surface area contributed by atoms with Gasteiger partial charge in [-0.25, -0.2) is 30.4 Å². The van der Waals surface area contributed by atoms with Crippen LogP contribution in [0.15, 0.2) is 18.6 Å². The SMILES string of the molecule is CNc1ncnc2c1ccn2C(=O)NNC(=O)OC(C)(C)C. The smallest absolute Gasteiger partial charge is 0.426 e. The second-order valence-electron chi connectivity index (χ2n) is 5.45. The summed E-state index contributed by atoms with van der Waals surface area (Å²) in [7, 11) is 1.73. The average Bonchev–Trinajstić information content (AvgIpc) is 2.86. The number of carbonyl (C=O) groups excluding carboxylic acids is 2. The Bertz CT molecular complexity index is 703. The first kappa shape index (κ1) is 15.5. The predicted octanol–water partition coefficient (Wildman–Crippen LogP) is 1.47. The predicted molar refractivity (Wildman–Crippen MR) is 80.4 cm³/mol. The molecule has 2 amide bonds. The molecule has 0 saturated heterocycles. The fourth-order valence-corrected chi connectivity index (χ4v) is 1.78. The molecule has 0 spiro atoms. The summed E-state index contributed by atoms with van der Waals surface area (Å²) >= 11 is 0. The van der Waals surface area contributed by atoms with Crippen molar-refractivity contribution in [1.29, 1.82) is 0 Å². The summed E-state index contributed by atoms with van der Waals surface area (Å²) in [6.45, 7) is 5.18. The molecule has 0 saturated carbocycles. The van der Waals surface area contributed by atoms with Crippen LogP contribution >= 0.6 is 0 Å². The quantitative estimate of drug-likeness (QED) is 0.688. The Kier molecular flexibility index (Phi) is 4.15. The maximum atomic E-state index is 12.1. The zero-order chi connectivity index (χ0) is 16.3. The highest BCUT2D eigenvalue weighted by molar-refractivity contribution is 5.94. The van der Waals surface area contributed by atoms with E-state index in [9.17, 15) is 9.59 Å². The third kappa shape index (κ3) is 3.43. The molecule has 0 aliphatic heterocycles. The Morgan fingerprint density at radius 1 is 1.23 bits per heavy atom. The van der Waals surface area contributed by atoms with Crippen LogP contribution in [0.1, 0.15) is 20.8 Å². The lowest BCUT2D eigenvalue weighted by Crippen LogP contribution is -2.45. The molecule has 2 aromatic rings. The summed E-state index contributed by atoms with van der Waals surface area (Å²) < 4.78 is 6.28. The number of anilines is 1. The number of nitrogens with one attached hydrogen (secondary N) is 3. The Morgan fingerprint density at radius 2 is 1.95 bits per heavy atom. The number of hydrogen-bond donors (Lipinski definition) is 3. The van der Waals surface area contributed by atoms with Crippen molar-refractivity contribution in [2.24, 2.45) is 0 Å². The van der Waals surface area contributed by atoms with Crippen LogP contribution in [0.25, 0.3) is 11.0 Å². The number of amides is 2. The third-order valence-corrected chi connectivity index (χ3v) is 2.61. The van der Waals surface area contributed by atoms with Gasteiger partial charge in [-0.2, -0.15) is 0 Å². The lowest BCUT2D eigenvalue weighted by Gasteiger charge is -2.19. The van der Waals surface area contributed by atoms with Crippen LogP contribution < -0.4 is 16.2 Å². The number of hydrogen-bond acceptors (Lipinski definition) is 6. The van der Waals surface area contributed by atoms with Crippen LogP contribution in [0.2, 0.25) is 0 Å². The monoisotopic (exact) mass is 306 g/mol. The standard InChI is InChI=1S/C13H18N6O3/c1-13(2,3)22-12(21)18-17-11(20)19-6-5-8-9(14-4)15-7-16-10(8)19/h5-7H,1-4H3,(H,17,20)(H,18,21)(H,14,15,16). The highest BCUT2D eigenvalue weighted by atomic mass is 16.6. The van der Waals surface area contributed by atoms with E-state index in [1.54, 1.807) is 33.9 Å². The maximum absolute atomic E-state index is 12.1. The molecule has 2 rings (SSSR count). The van der Waals surface area contributed by atoms with Crippen molar-refractivity contribution in [3.63, 3.8) is 0 Å². The first-order chi connectivity index (χ1) is 10.3. The minimum atomic E-state index is -0.747. The van der Waals surface area contributed by atoms with Gasteiger partial charge in [-0.05, 0) is 26.8 Å². The Balaban J connectivity index is 2.09. The van der Waals surface area contributed by atoms with Gasteiger partial charge in [0.2, 0.25) is 0 Å². The van der Waals surface area contributed by atoms with Gasteiger partial charge in [-0.3, -0.25) is 4.57 Å². The third-order valence-electron chi connectivity index (χ3n) is 2.61. The molecular formula is C13H18N6O3. The fourth-order valence-electron chi connectivity index (χ4n) is 1.78. The van der Waals surface area contributed by atoms with Crippen molar-refractivity contribution in [3.8, 4) is 0 Å². The molecule has 0 fully saturated rings. The normalized spacial score (nSPS) is 11.1. The molecule has 0 radical (unpaired) electrons. The van der Waals surface area contributed by atoms with Gasteiger partial charge in [-0.15, -0.1) is 0 Å². The fraction of sp³-hybridized carbons (Fsp3) is 0.385. The lowest BCUT2D eigenvalue weighted by molar-refractivity contribution is 0.0505. The van der Waals surface area contributed by atoms with Crippen LogP contribution in [0.4, 0.5) is 15.4 Å². The van der Waals surface area contributed by atoms with E-state index in [1.807, 2.05) is 0 Å². The zero-order valence-electron chi connectivity index (χ0n) is 12.8. The highest BCUT2D eigenvalue weighted by Crippen LogP contribution is 2.19. The molecule has 3 N–H and O–H groups in total. The van der Waals surface area contributed by atoms with Crippen LogP contribution in [-0.4, -0.2) is 39.3 Å². The van der Waals surface area contributed by atoms with Gasteiger partial charge in [0, 0.05) is 13.2 Å². The number of hydrazine groups is 1. The average molecular weight is 306 g/mol. The van der Waals surface area contributed by atoms with Crippen molar-refractivity contribution < 1.29 is 14.3 Å². The molecule has 118 valence electrons. The number of nitrogens with zero attached hydrogens (tertiary/aromatic N) is 3. The first-order valence-corrected chi connectivity index (χ1v) is 6.61. The molecule has 2 aromatic heterocycles. The zero-order valence-corrected chi connectivity index (χ0v) is 12.8. The van der Waals surface area contributed by atoms with E-state index in [4.69, 9.17) is 4.74 Å². The van der Waals surface area contributed by atoms with Crippen LogP contribution in [0, 0.1) is 0 Å². The molecule has 0 unspecified atom stereocenters. The number of carbonyl (C=O) groups is 2. The van der Waals surface area contributed by atoms with Gasteiger partial charge in [-0.1, -0.05) is 0 Å². The van der Waals surface area contributed by atoms with Gasteiger partial charge in [0.25, 0.3) is 0 Å². The lowest BCUT2D eigenvalue weighted by atomic mass is 10.2. The number of ether oxygens (including phenoxy) is 1. The molecule has 0 bridgehead atoms. The topological polar surface area (TPSA) is 110 Å². The van der Waals surface area contributed by atoms with Gasteiger partial charge in [0.05, 0.1) is 5.39 Å². The second kappa shape index (κ2) is 5.88. The molecule has 2 heterocycles. The summed E-state index contributed by atoms with van der Waals surface area (Å²) in [6, 6.07) is 1.13. The van der Waals surface area contributed by atoms with Crippen molar-refractivity contribution in [2.45, 2.75) is 26.4 Å². The van der Waals surface area contributed by atoms with Crippen LogP contribution in [-0.2, 0) is 4.74 Å². The molecule has 9 heteroatoms. The van der Waals surface area contributed by atoms with Crippen molar-refractivity contribution in [2.75, 3.05) is 12.4 Å². The van der Waals surface area contributed by atoms with Crippen molar-refractivity contribution in [1.82, 2.24) is 25.4 Å². The minimum Gasteiger partial charge on any atom is -0.443 e. The molecule has 22 heavy (non-hydrogen) atoms. The Morgan fingerprint density at radius 3 is 2.59 bits per heavy atom. The molecule has 0 aliphatic carbocycles. The summed E-state index contributed by atoms with van der Waals surface area (Å²) in [5.41, 5.74) is 4.21. The van der Waals surface area contributed by atoms with Crippen LogP contribution in [0.5, 0.6) is 0 Å². The van der Waals surface area contributed by atoms with Gasteiger partial charge in [0.15, 0.2) is 5.65 Å². The van der Waals surface area contributed by atoms with E-state index in [1.165, 1.54) is 17.1 Å². The number of rotatable bonds is 1. The summed E-state index contributed by atoms with van der Waals surface area (Å²) in [4.78, 5) is 31.7. The van der Waals surface area contributed by atoms with Crippen molar-refractivity contribution >= 4 is 29.0 Å². The van der Waals surface area contributed by atoms with E-state index in [2.05, 4.69) is 26.1 Å². The summed E-state index contributed by atoms with van der Waals surface area (Å²) in [5, 5.41) is 3.60. The van der Waals surface area contributed by atoms with Crippen molar-refractivity contribution in [3.05, 3.63) is 18.6 Å². The molecule has 0 aromatic carbocycles. The summed E-state index contributed by atoms with van der Waals surface area (Å²) in [5.74, 6) is 0.608. The maximum Gasteiger partial charge on any atom is 0.426 e. The minimum absolute atomic E-state index is 0.419. The van der Waals surface area contributed by atoms with Gasteiger partial charge >= 0.3 is 12.1 Å². The molecule has 0 aliphatic rings. The van der Waals surface area contributed by atoms with Crippen LogP contribution in [0.3, 0.4) is 0 Å². The second-order valence-corrected chi connectivity index (χ2v) is 5.45. The van der Waals surface area contributed by atoms with E-state index in [-0.39, 0.29) is 0 Å². The highest BCUT2D eigenvalue weighted by Gasteiger charge is 2.17. The van der Waals surface area contributed by atoms with Gasteiger partial charge < -0.3 is 10.1 Å². The number of fused-ring (bicyclic) bond motifs is 1. The van der Waals surface area contributed by atoms with E-state index >= 15 is 0 Å². The van der Waals surface area contributed by atoms with E-state index in [0.29, 0.717) is 16.9 Å². The Hall–Kier alpha value is -2.84. The Labute approximate surface area is 127 Å². The molecule has 9 nitrogen and oxygen atoms in total. The molecular weight excluding hydrogens is 288 g/mol. The molecule has 0 atom stereocenters. The summed E-state index contributed by atoms with van der Waals surface area (Å²) in [6.07, 6.45) is 2.13. The largest absolute Gasteiger partial charge is 0.443 e. The first-order valence-electron chi connectivity index (χ1n) is 6.61. The van der Waals surface area contributed by atoms with E-state index in [0.717, 1.165) is 0 Å². The number of aromatic nitrogens is 3.